The molecule has 0 fully saturated rings. The summed E-state index contributed by atoms with van der Waals surface area (Å²) < 4.78 is 11.1. The van der Waals surface area contributed by atoms with Crippen LogP contribution in [0.15, 0.2) is 56.8 Å². The smallest absolute Gasteiger partial charge is 0.251 e. The highest BCUT2D eigenvalue weighted by atomic mass is 32.2. The Morgan fingerprint density at radius 3 is 3.00 bits per heavy atom. The average molecular weight is 275 g/mol. The molecule has 0 spiro atoms. The molecule has 0 amide bonds. The van der Waals surface area contributed by atoms with E-state index in [-0.39, 0.29) is 0 Å². The SMILES string of the molecule is [O-][n+]1ccccc1SCc1nc(-c2ccco2)no1. The third-order valence-electron chi connectivity index (χ3n) is 2.34. The second-order valence-corrected chi connectivity index (χ2v) is 4.64. The van der Waals surface area contributed by atoms with E-state index in [1.807, 2.05) is 0 Å². The van der Waals surface area contributed by atoms with Crippen LogP contribution in [-0.4, -0.2) is 10.1 Å². The average Bonchev–Trinajstić information content (AvgIpc) is 3.09. The summed E-state index contributed by atoms with van der Waals surface area (Å²) in [5.41, 5.74) is 0. The summed E-state index contributed by atoms with van der Waals surface area (Å²) in [6.45, 7) is 0. The fraction of sp³-hybridized carbons (Fsp3) is 0.0833. The molecule has 0 saturated heterocycles. The number of hydrogen-bond acceptors (Lipinski definition) is 6. The lowest BCUT2D eigenvalue weighted by molar-refractivity contribution is -0.645. The molecule has 19 heavy (non-hydrogen) atoms. The second kappa shape index (κ2) is 5.15. The minimum Gasteiger partial charge on any atom is -0.618 e. The van der Waals surface area contributed by atoms with Crippen LogP contribution in [0.1, 0.15) is 5.89 Å². The highest BCUT2D eigenvalue weighted by Gasteiger charge is 2.13. The first-order valence-corrected chi connectivity index (χ1v) is 6.49. The van der Waals surface area contributed by atoms with Crippen LogP contribution < -0.4 is 4.73 Å². The maximum absolute atomic E-state index is 11.4. The van der Waals surface area contributed by atoms with Gasteiger partial charge in [-0.15, -0.1) is 0 Å². The van der Waals surface area contributed by atoms with Gasteiger partial charge in [-0.2, -0.15) is 9.71 Å². The Balaban J connectivity index is 1.70. The number of pyridine rings is 1. The van der Waals surface area contributed by atoms with E-state index in [1.165, 1.54) is 18.0 Å². The molecule has 0 N–H and O–H groups in total. The number of furan rings is 1. The summed E-state index contributed by atoms with van der Waals surface area (Å²) >= 11 is 1.33. The lowest BCUT2D eigenvalue weighted by atomic mass is 10.4. The maximum atomic E-state index is 11.4. The van der Waals surface area contributed by atoms with Crippen LogP contribution in [-0.2, 0) is 5.75 Å². The zero-order valence-electron chi connectivity index (χ0n) is 9.72. The molecule has 3 aromatic heterocycles. The molecule has 96 valence electrons. The van der Waals surface area contributed by atoms with Crippen molar-refractivity contribution in [3.8, 4) is 11.6 Å². The van der Waals surface area contributed by atoms with E-state index in [1.54, 1.807) is 36.6 Å². The largest absolute Gasteiger partial charge is 0.618 e. The molecule has 3 heterocycles. The quantitative estimate of drug-likeness (QED) is 0.413. The number of nitrogens with zero attached hydrogens (tertiary/aromatic N) is 3. The molecule has 0 aliphatic carbocycles. The van der Waals surface area contributed by atoms with Gasteiger partial charge in [0, 0.05) is 12.1 Å². The van der Waals surface area contributed by atoms with Gasteiger partial charge in [0.25, 0.3) is 5.03 Å². The first-order valence-electron chi connectivity index (χ1n) is 5.50. The normalized spacial score (nSPS) is 10.7. The number of hydrogen-bond donors (Lipinski definition) is 0. The summed E-state index contributed by atoms with van der Waals surface area (Å²) in [6.07, 6.45) is 2.99. The van der Waals surface area contributed by atoms with Gasteiger partial charge < -0.3 is 14.1 Å². The zero-order valence-corrected chi connectivity index (χ0v) is 10.5. The van der Waals surface area contributed by atoms with E-state index in [9.17, 15) is 5.21 Å². The molecule has 0 atom stereocenters. The first kappa shape index (κ1) is 11.8. The third-order valence-corrected chi connectivity index (χ3v) is 3.34. The molecule has 0 aromatic carbocycles. The van der Waals surface area contributed by atoms with Gasteiger partial charge in [0.1, 0.15) is 0 Å². The van der Waals surface area contributed by atoms with Crippen molar-refractivity contribution in [3.05, 3.63) is 53.9 Å². The fourth-order valence-corrected chi connectivity index (χ4v) is 2.23. The van der Waals surface area contributed by atoms with E-state index in [0.717, 1.165) is 4.73 Å². The lowest BCUT2D eigenvalue weighted by Crippen LogP contribution is -2.27. The van der Waals surface area contributed by atoms with Gasteiger partial charge in [-0.05, 0) is 30.0 Å². The Kier molecular flexibility index (Phi) is 3.20. The zero-order chi connectivity index (χ0) is 13.1. The summed E-state index contributed by atoms with van der Waals surface area (Å²) in [4.78, 5) is 4.19. The first-order chi connectivity index (χ1) is 9.33. The highest BCUT2D eigenvalue weighted by molar-refractivity contribution is 7.98. The standard InChI is InChI=1S/C12H9N3O3S/c16-15-6-2-1-5-11(15)19-8-10-13-12(14-18-10)9-4-3-7-17-9/h1-7H,8H2. The van der Waals surface area contributed by atoms with Crippen molar-refractivity contribution >= 4 is 11.8 Å². The molecule has 6 nitrogen and oxygen atoms in total. The molecule has 3 aromatic rings. The van der Waals surface area contributed by atoms with Gasteiger partial charge >= 0.3 is 0 Å². The van der Waals surface area contributed by atoms with Crippen LogP contribution in [0.2, 0.25) is 0 Å². The van der Waals surface area contributed by atoms with E-state index in [0.29, 0.717) is 28.3 Å². The van der Waals surface area contributed by atoms with Crippen molar-refractivity contribution in [2.45, 2.75) is 10.8 Å². The Hall–Kier alpha value is -2.28. The van der Waals surface area contributed by atoms with Crippen molar-refractivity contribution < 1.29 is 13.7 Å². The summed E-state index contributed by atoms with van der Waals surface area (Å²) in [5, 5.41) is 15.8. The van der Waals surface area contributed by atoms with E-state index >= 15 is 0 Å². The minimum absolute atomic E-state index is 0.406. The van der Waals surface area contributed by atoms with Crippen LogP contribution >= 0.6 is 11.8 Å². The molecule has 0 radical (unpaired) electrons. The topological polar surface area (TPSA) is 79.0 Å². The number of aromatic nitrogens is 3. The van der Waals surface area contributed by atoms with Crippen LogP contribution in [0.5, 0.6) is 0 Å². The molecule has 0 aliphatic rings. The number of thioether (sulfide) groups is 1. The Bertz CT molecular complexity index is 666. The lowest BCUT2D eigenvalue weighted by Gasteiger charge is -2.00. The van der Waals surface area contributed by atoms with Crippen LogP contribution in [0.25, 0.3) is 11.6 Å². The van der Waals surface area contributed by atoms with E-state index in [4.69, 9.17) is 8.94 Å². The predicted molar refractivity (Wildman–Crippen MR) is 67.0 cm³/mol. The maximum Gasteiger partial charge on any atom is 0.251 e. The summed E-state index contributed by atoms with van der Waals surface area (Å²) in [7, 11) is 0. The molecule has 0 saturated carbocycles. The summed E-state index contributed by atoms with van der Waals surface area (Å²) in [6, 6.07) is 8.73. The van der Waals surface area contributed by atoms with Crippen molar-refractivity contribution in [3.63, 3.8) is 0 Å². The molecule has 0 aliphatic heterocycles. The van der Waals surface area contributed by atoms with Gasteiger partial charge in [0.15, 0.2) is 12.0 Å². The number of rotatable bonds is 4. The molecular formula is C12H9N3O3S. The van der Waals surface area contributed by atoms with Crippen molar-refractivity contribution in [1.82, 2.24) is 10.1 Å². The van der Waals surface area contributed by atoms with Crippen molar-refractivity contribution in [2.24, 2.45) is 0 Å². The van der Waals surface area contributed by atoms with Gasteiger partial charge in [0.05, 0.1) is 12.0 Å². The molecular weight excluding hydrogens is 266 g/mol. The van der Waals surface area contributed by atoms with Gasteiger partial charge in [-0.1, -0.05) is 5.16 Å². The van der Waals surface area contributed by atoms with Gasteiger partial charge in [-0.3, -0.25) is 0 Å². The Morgan fingerprint density at radius 1 is 1.26 bits per heavy atom. The highest BCUT2D eigenvalue weighted by Crippen LogP contribution is 2.21. The fourth-order valence-electron chi connectivity index (χ4n) is 1.48. The van der Waals surface area contributed by atoms with Gasteiger partial charge in [-0.25, -0.2) is 0 Å². The summed E-state index contributed by atoms with van der Waals surface area (Å²) in [5.74, 6) is 1.84. The molecule has 3 rings (SSSR count). The van der Waals surface area contributed by atoms with Crippen LogP contribution in [0, 0.1) is 5.21 Å². The minimum atomic E-state index is 0.406. The second-order valence-electron chi connectivity index (χ2n) is 3.64. The molecule has 0 unspecified atom stereocenters. The molecule has 0 bridgehead atoms. The third kappa shape index (κ3) is 2.60. The predicted octanol–water partition coefficient (Wildman–Crippen LogP) is 2.26. The van der Waals surface area contributed by atoms with Crippen LogP contribution in [0.3, 0.4) is 0 Å². The van der Waals surface area contributed by atoms with Crippen LogP contribution in [0.4, 0.5) is 0 Å². The van der Waals surface area contributed by atoms with Gasteiger partial charge in [0.2, 0.25) is 11.7 Å². The Morgan fingerprint density at radius 2 is 2.21 bits per heavy atom. The molecule has 7 heteroatoms. The Labute approximate surface area is 112 Å². The van der Waals surface area contributed by atoms with Crippen molar-refractivity contribution in [2.75, 3.05) is 0 Å². The van der Waals surface area contributed by atoms with E-state index in [2.05, 4.69) is 10.1 Å². The van der Waals surface area contributed by atoms with E-state index < -0.39 is 0 Å². The van der Waals surface area contributed by atoms with Crippen molar-refractivity contribution in [1.29, 1.82) is 0 Å². The monoisotopic (exact) mass is 275 g/mol.